The average Bonchev–Trinajstić information content (AvgIpc) is 3.40. The van der Waals surface area contributed by atoms with Gasteiger partial charge in [0.2, 0.25) is 0 Å². The first-order valence-corrected chi connectivity index (χ1v) is 11.2. The second-order valence-electron chi connectivity index (χ2n) is 6.44. The summed E-state index contributed by atoms with van der Waals surface area (Å²) in [4.78, 5) is 4.61. The monoisotopic (exact) mass is 492 g/mol. The van der Waals surface area contributed by atoms with Gasteiger partial charge in [0.1, 0.15) is 40.5 Å². The molecule has 0 amide bonds. The molecule has 1 saturated heterocycles. The summed E-state index contributed by atoms with van der Waals surface area (Å²) in [6, 6.07) is 1.75. The molecule has 3 aromatic rings. The Morgan fingerprint density at radius 1 is 1.23 bits per heavy atom. The number of hydrogen-bond donors (Lipinski definition) is 3. The van der Waals surface area contributed by atoms with Gasteiger partial charge in [-0.05, 0) is 12.1 Å². The van der Waals surface area contributed by atoms with Crippen LogP contribution in [0, 0.1) is 5.82 Å². The van der Waals surface area contributed by atoms with Crippen molar-refractivity contribution in [2.45, 2.75) is 34.7 Å². The molecule has 160 valence electrons. The minimum atomic E-state index is -1.26. The van der Waals surface area contributed by atoms with Gasteiger partial charge < -0.3 is 20.1 Å². The molecule has 0 radical (unpaired) electrons. The van der Waals surface area contributed by atoms with Crippen LogP contribution in [0.25, 0.3) is 10.7 Å². The molecular weight excluding hydrogens is 478 g/mol. The Hall–Kier alpha value is -1.31. The molecular formula is C17H15Cl2FN4O4S2. The van der Waals surface area contributed by atoms with Crippen LogP contribution < -0.4 is 0 Å². The summed E-state index contributed by atoms with van der Waals surface area (Å²) >= 11 is 14.1. The van der Waals surface area contributed by atoms with E-state index in [0.717, 1.165) is 11.8 Å². The van der Waals surface area contributed by atoms with E-state index in [-0.39, 0.29) is 10.0 Å². The zero-order valence-electron chi connectivity index (χ0n) is 15.0. The highest BCUT2D eigenvalue weighted by Crippen LogP contribution is 2.40. The van der Waals surface area contributed by atoms with E-state index in [0.29, 0.717) is 15.6 Å². The maximum absolute atomic E-state index is 13.7. The Morgan fingerprint density at radius 2 is 1.97 bits per heavy atom. The average molecular weight is 493 g/mol. The van der Waals surface area contributed by atoms with Gasteiger partial charge >= 0.3 is 0 Å². The largest absolute Gasteiger partial charge is 0.394 e. The summed E-state index contributed by atoms with van der Waals surface area (Å²) in [5, 5.41) is 41.4. The molecule has 1 aliphatic heterocycles. The van der Waals surface area contributed by atoms with Crippen LogP contribution in [-0.2, 0) is 4.74 Å². The predicted molar refractivity (Wildman–Crippen MR) is 110 cm³/mol. The molecule has 5 atom stereocenters. The Bertz CT molecular complexity index is 1000. The number of aliphatic hydroxyl groups excluding tert-OH is 3. The number of aromatic nitrogens is 4. The zero-order chi connectivity index (χ0) is 21.4. The van der Waals surface area contributed by atoms with Gasteiger partial charge in [-0.2, -0.15) is 0 Å². The van der Waals surface area contributed by atoms with Gasteiger partial charge in [-0.3, -0.25) is 0 Å². The van der Waals surface area contributed by atoms with Gasteiger partial charge in [0.15, 0.2) is 5.82 Å². The number of rotatable bonds is 5. The summed E-state index contributed by atoms with van der Waals surface area (Å²) in [7, 11) is 0. The van der Waals surface area contributed by atoms with Crippen LogP contribution in [0.1, 0.15) is 6.04 Å². The molecule has 1 aromatic carbocycles. The Labute approximate surface area is 188 Å². The maximum atomic E-state index is 13.7. The number of benzene rings is 1. The minimum Gasteiger partial charge on any atom is -0.394 e. The van der Waals surface area contributed by atoms with Crippen molar-refractivity contribution >= 4 is 46.3 Å². The molecule has 2 aromatic heterocycles. The summed E-state index contributed by atoms with van der Waals surface area (Å²) in [5.41, 5.74) is -0.446. The number of halogens is 3. The van der Waals surface area contributed by atoms with Crippen molar-refractivity contribution in [3.8, 4) is 10.7 Å². The van der Waals surface area contributed by atoms with Crippen LogP contribution in [0.15, 0.2) is 34.8 Å². The van der Waals surface area contributed by atoms with E-state index in [1.165, 1.54) is 28.2 Å². The standard InChI is InChI=1S/C17H15Cl2FN4O4S2/c18-8-3-7(4-9(19)12(8)20)30-17-15(27)13(14(26)11(6-25)28-17)24-5-10(22-23-24)16-21-1-2-29-16/h1-5,11,13-15,17,25-27H,6H2/t11?,13?,14?,15-,17?/m0/s1. The van der Waals surface area contributed by atoms with E-state index in [1.54, 1.807) is 17.8 Å². The number of nitrogens with zero attached hydrogens (tertiary/aromatic N) is 4. The summed E-state index contributed by atoms with van der Waals surface area (Å²) < 4.78 is 20.7. The SMILES string of the molecule is OCC1OC(Sc2cc(Cl)c(F)c(Cl)c2)[C@@H](O)C(n2cc(-c3nccs3)nn2)C1O. The maximum Gasteiger partial charge on any atom is 0.160 e. The molecule has 30 heavy (non-hydrogen) atoms. The minimum absolute atomic E-state index is 0.171. The van der Waals surface area contributed by atoms with Gasteiger partial charge in [0, 0.05) is 16.5 Å². The normalized spacial score (nSPS) is 26.8. The zero-order valence-corrected chi connectivity index (χ0v) is 18.1. The van der Waals surface area contributed by atoms with Crippen molar-refractivity contribution in [1.82, 2.24) is 20.0 Å². The molecule has 3 N–H and O–H groups in total. The molecule has 0 bridgehead atoms. The molecule has 8 nitrogen and oxygen atoms in total. The van der Waals surface area contributed by atoms with Crippen molar-refractivity contribution in [3.63, 3.8) is 0 Å². The van der Waals surface area contributed by atoms with Gasteiger partial charge in [0.05, 0.1) is 22.8 Å². The lowest BCUT2D eigenvalue weighted by Crippen LogP contribution is -2.55. The van der Waals surface area contributed by atoms with Crippen LogP contribution >= 0.6 is 46.3 Å². The molecule has 0 spiro atoms. The van der Waals surface area contributed by atoms with Crippen molar-refractivity contribution in [2.24, 2.45) is 0 Å². The van der Waals surface area contributed by atoms with E-state index in [1.807, 2.05) is 0 Å². The topological polar surface area (TPSA) is 114 Å². The second kappa shape index (κ2) is 9.05. The van der Waals surface area contributed by atoms with Gasteiger partial charge in [-0.15, -0.1) is 16.4 Å². The molecule has 4 rings (SSSR count). The van der Waals surface area contributed by atoms with Crippen LogP contribution in [0.2, 0.25) is 10.0 Å². The van der Waals surface area contributed by atoms with Crippen LogP contribution in [-0.4, -0.2) is 65.7 Å². The summed E-state index contributed by atoms with van der Waals surface area (Å²) in [5.74, 6) is -0.744. The van der Waals surface area contributed by atoms with Gasteiger partial charge in [0.25, 0.3) is 0 Å². The molecule has 0 aliphatic carbocycles. The van der Waals surface area contributed by atoms with Crippen molar-refractivity contribution in [3.05, 3.63) is 45.8 Å². The van der Waals surface area contributed by atoms with E-state index in [2.05, 4.69) is 15.3 Å². The number of hydrogen-bond acceptors (Lipinski definition) is 9. The highest BCUT2D eigenvalue weighted by Gasteiger charge is 2.46. The second-order valence-corrected chi connectivity index (χ2v) is 9.32. The first kappa shape index (κ1) is 21.9. The Balaban J connectivity index is 1.62. The molecule has 1 fully saturated rings. The predicted octanol–water partition coefficient (Wildman–Crippen LogP) is 2.62. The molecule has 13 heteroatoms. The van der Waals surface area contributed by atoms with Gasteiger partial charge in [-0.25, -0.2) is 14.1 Å². The summed E-state index contributed by atoms with van der Waals surface area (Å²) in [6.07, 6.45) is -0.308. The lowest BCUT2D eigenvalue weighted by Gasteiger charge is -2.41. The quantitative estimate of drug-likeness (QED) is 0.465. The van der Waals surface area contributed by atoms with Crippen LogP contribution in [0.5, 0.6) is 0 Å². The van der Waals surface area contributed by atoms with Crippen LogP contribution in [0.3, 0.4) is 0 Å². The molecule has 1 aliphatic rings. The van der Waals surface area contributed by atoms with Crippen molar-refractivity contribution in [2.75, 3.05) is 6.61 Å². The van der Waals surface area contributed by atoms with Gasteiger partial charge in [-0.1, -0.05) is 40.2 Å². The van der Waals surface area contributed by atoms with E-state index < -0.39 is 42.2 Å². The number of aliphatic hydroxyl groups is 3. The molecule has 0 saturated carbocycles. The number of thiazole rings is 1. The lowest BCUT2D eigenvalue weighted by molar-refractivity contribution is -0.178. The first-order chi connectivity index (χ1) is 14.4. The Kier molecular flexibility index (Phi) is 6.61. The fourth-order valence-electron chi connectivity index (χ4n) is 3.08. The van der Waals surface area contributed by atoms with Crippen molar-refractivity contribution in [1.29, 1.82) is 0 Å². The number of ether oxygens (including phenoxy) is 1. The lowest BCUT2D eigenvalue weighted by atomic mass is 9.97. The third kappa shape index (κ3) is 4.21. The van der Waals surface area contributed by atoms with E-state index in [4.69, 9.17) is 27.9 Å². The fraction of sp³-hybridized carbons (Fsp3) is 0.353. The smallest absolute Gasteiger partial charge is 0.160 e. The van der Waals surface area contributed by atoms with E-state index >= 15 is 0 Å². The summed E-state index contributed by atoms with van der Waals surface area (Å²) in [6.45, 7) is -0.486. The highest BCUT2D eigenvalue weighted by molar-refractivity contribution is 7.99. The van der Waals surface area contributed by atoms with E-state index in [9.17, 15) is 19.7 Å². The first-order valence-electron chi connectivity index (χ1n) is 8.64. The number of thioether (sulfide) groups is 1. The molecule has 4 unspecified atom stereocenters. The Morgan fingerprint density at radius 3 is 2.60 bits per heavy atom. The highest BCUT2D eigenvalue weighted by atomic mass is 35.5. The third-order valence-corrected chi connectivity index (χ3v) is 7.00. The van der Waals surface area contributed by atoms with Crippen molar-refractivity contribution < 1.29 is 24.4 Å². The third-order valence-electron chi connectivity index (χ3n) is 4.53. The molecule has 3 heterocycles. The fourth-order valence-corrected chi connectivity index (χ4v) is 5.42. The van der Waals surface area contributed by atoms with Crippen LogP contribution in [0.4, 0.5) is 4.39 Å².